The molecular formula is C22H29N5O4. The minimum Gasteiger partial charge on any atom is -0.342 e. The molecule has 3 heterocycles. The lowest BCUT2D eigenvalue weighted by Crippen LogP contribution is -2.45. The van der Waals surface area contributed by atoms with Gasteiger partial charge in [-0.1, -0.05) is 18.9 Å². The number of hydrogen-bond donors (Lipinski definition) is 2. The maximum absolute atomic E-state index is 12.8. The maximum atomic E-state index is 12.8. The monoisotopic (exact) mass is 427 g/mol. The third-order valence-corrected chi connectivity index (χ3v) is 6.54. The van der Waals surface area contributed by atoms with Gasteiger partial charge in [-0.25, -0.2) is 9.78 Å². The van der Waals surface area contributed by atoms with E-state index in [9.17, 15) is 19.2 Å². The summed E-state index contributed by atoms with van der Waals surface area (Å²) in [6.45, 7) is 2.85. The van der Waals surface area contributed by atoms with E-state index in [4.69, 9.17) is 0 Å². The molecule has 9 heteroatoms. The van der Waals surface area contributed by atoms with Crippen molar-refractivity contribution < 1.29 is 19.2 Å². The fraction of sp³-hybridized carbons (Fsp3) is 0.591. The SMILES string of the molecule is Cc1cccc(NC(=O)C2CCCN(C(=O)CCN3C(=O)NC4(CCCC4)C3=O)C2)n1. The van der Waals surface area contributed by atoms with Crippen LogP contribution in [-0.4, -0.2) is 63.7 Å². The van der Waals surface area contributed by atoms with E-state index in [0.29, 0.717) is 38.2 Å². The Balaban J connectivity index is 1.30. The van der Waals surface area contributed by atoms with Crippen molar-refractivity contribution in [3.05, 3.63) is 23.9 Å². The number of carbonyl (C=O) groups excluding carboxylic acids is 4. The summed E-state index contributed by atoms with van der Waals surface area (Å²) in [5.74, 6) is -0.289. The van der Waals surface area contributed by atoms with Crippen LogP contribution in [0.2, 0.25) is 0 Å². The van der Waals surface area contributed by atoms with Gasteiger partial charge in [0.05, 0.1) is 5.92 Å². The average molecular weight is 428 g/mol. The first kappa shape index (κ1) is 21.3. The standard InChI is InChI=1S/C22H29N5O4/c1-15-6-4-8-17(23-15)24-19(29)16-7-5-12-26(14-16)18(28)9-13-27-20(30)22(25-21(27)31)10-2-3-11-22/h4,6,8,16H,2-3,5,7,9-14H2,1H3,(H,25,31)(H,23,24,29). The fourth-order valence-electron chi connectivity index (χ4n) is 4.82. The minimum absolute atomic E-state index is 0.0724. The lowest BCUT2D eigenvalue weighted by atomic mass is 9.96. The summed E-state index contributed by atoms with van der Waals surface area (Å²) in [4.78, 5) is 57.6. The van der Waals surface area contributed by atoms with Crippen LogP contribution < -0.4 is 10.6 Å². The van der Waals surface area contributed by atoms with Gasteiger partial charge < -0.3 is 15.5 Å². The number of likely N-dealkylation sites (tertiary alicyclic amines) is 1. The fourth-order valence-corrected chi connectivity index (χ4v) is 4.82. The number of rotatable bonds is 5. The van der Waals surface area contributed by atoms with Crippen LogP contribution in [0.5, 0.6) is 0 Å². The molecule has 1 atom stereocenters. The first-order chi connectivity index (χ1) is 14.9. The zero-order valence-electron chi connectivity index (χ0n) is 17.9. The highest BCUT2D eigenvalue weighted by atomic mass is 16.2. The summed E-state index contributed by atoms with van der Waals surface area (Å²) in [7, 11) is 0. The Kier molecular flexibility index (Phi) is 5.93. The molecule has 0 aromatic carbocycles. The van der Waals surface area contributed by atoms with Gasteiger partial charge in [-0.05, 0) is 44.7 Å². The van der Waals surface area contributed by atoms with E-state index in [1.54, 1.807) is 11.0 Å². The zero-order valence-corrected chi connectivity index (χ0v) is 17.9. The highest BCUT2D eigenvalue weighted by Gasteiger charge is 2.52. The molecule has 1 aliphatic carbocycles. The molecule has 2 saturated heterocycles. The molecule has 31 heavy (non-hydrogen) atoms. The highest BCUT2D eigenvalue weighted by Crippen LogP contribution is 2.35. The van der Waals surface area contributed by atoms with Crippen LogP contribution in [0.25, 0.3) is 0 Å². The Labute approximate surface area is 181 Å². The van der Waals surface area contributed by atoms with Crippen LogP contribution in [0.15, 0.2) is 18.2 Å². The number of aryl methyl sites for hydroxylation is 1. The molecule has 1 saturated carbocycles. The van der Waals surface area contributed by atoms with Crippen LogP contribution in [0.4, 0.5) is 10.6 Å². The van der Waals surface area contributed by atoms with E-state index in [-0.39, 0.29) is 36.6 Å². The Bertz CT molecular complexity index is 896. The van der Waals surface area contributed by atoms with Crippen molar-refractivity contribution in [3.63, 3.8) is 0 Å². The normalized spacial score (nSPS) is 22.7. The van der Waals surface area contributed by atoms with Gasteiger partial charge in [0.2, 0.25) is 11.8 Å². The summed E-state index contributed by atoms with van der Waals surface area (Å²) < 4.78 is 0. The predicted octanol–water partition coefficient (Wildman–Crippen LogP) is 1.82. The van der Waals surface area contributed by atoms with Crippen molar-refractivity contribution in [2.75, 3.05) is 25.0 Å². The third kappa shape index (κ3) is 4.40. The number of nitrogens with zero attached hydrogens (tertiary/aromatic N) is 3. The molecule has 3 fully saturated rings. The number of pyridine rings is 1. The van der Waals surface area contributed by atoms with E-state index < -0.39 is 11.6 Å². The van der Waals surface area contributed by atoms with Gasteiger partial charge in [0.1, 0.15) is 11.4 Å². The Morgan fingerprint density at radius 2 is 2.00 bits per heavy atom. The lowest BCUT2D eigenvalue weighted by Gasteiger charge is -2.32. The Hall–Kier alpha value is -2.97. The number of urea groups is 1. The molecule has 5 amide bonds. The van der Waals surface area contributed by atoms with Crippen molar-refractivity contribution in [1.29, 1.82) is 0 Å². The first-order valence-corrected chi connectivity index (χ1v) is 11.0. The number of piperidine rings is 1. The summed E-state index contributed by atoms with van der Waals surface area (Å²) >= 11 is 0. The molecule has 1 aromatic heterocycles. The molecule has 3 aliphatic rings. The predicted molar refractivity (Wildman–Crippen MR) is 113 cm³/mol. The molecule has 2 N–H and O–H groups in total. The number of aromatic nitrogens is 1. The Morgan fingerprint density at radius 3 is 2.74 bits per heavy atom. The van der Waals surface area contributed by atoms with Gasteiger partial charge in [-0.2, -0.15) is 0 Å². The zero-order chi connectivity index (χ0) is 22.0. The van der Waals surface area contributed by atoms with Gasteiger partial charge in [0.25, 0.3) is 5.91 Å². The lowest BCUT2D eigenvalue weighted by molar-refractivity contribution is -0.135. The minimum atomic E-state index is -0.752. The number of anilines is 1. The molecule has 1 spiro atoms. The van der Waals surface area contributed by atoms with Crippen molar-refractivity contribution in [2.45, 2.75) is 57.4 Å². The van der Waals surface area contributed by atoms with Crippen LogP contribution in [-0.2, 0) is 14.4 Å². The summed E-state index contributed by atoms with van der Waals surface area (Å²) in [5, 5.41) is 5.67. The maximum Gasteiger partial charge on any atom is 0.325 e. The molecule has 166 valence electrons. The van der Waals surface area contributed by atoms with Crippen LogP contribution >= 0.6 is 0 Å². The van der Waals surface area contributed by atoms with Crippen molar-refractivity contribution >= 4 is 29.6 Å². The van der Waals surface area contributed by atoms with Crippen molar-refractivity contribution in [1.82, 2.24) is 20.1 Å². The molecule has 0 radical (unpaired) electrons. The number of carbonyl (C=O) groups is 4. The molecular weight excluding hydrogens is 398 g/mol. The molecule has 4 rings (SSSR count). The molecule has 9 nitrogen and oxygen atoms in total. The van der Waals surface area contributed by atoms with Crippen molar-refractivity contribution in [3.8, 4) is 0 Å². The van der Waals surface area contributed by atoms with E-state index in [2.05, 4.69) is 15.6 Å². The van der Waals surface area contributed by atoms with Gasteiger partial charge in [-0.3, -0.25) is 19.3 Å². The van der Waals surface area contributed by atoms with Crippen molar-refractivity contribution in [2.24, 2.45) is 5.92 Å². The largest absolute Gasteiger partial charge is 0.342 e. The average Bonchev–Trinajstić information content (AvgIpc) is 3.31. The van der Waals surface area contributed by atoms with E-state index in [1.807, 2.05) is 19.1 Å². The molecule has 1 unspecified atom stereocenters. The Morgan fingerprint density at radius 1 is 1.23 bits per heavy atom. The van der Waals surface area contributed by atoms with E-state index in [1.165, 1.54) is 4.90 Å². The van der Waals surface area contributed by atoms with Gasteiger partial charge in [0.15, 0.2) is 0 Å². The van der Waals surface area contributed by atoms with E-state index >= 15 is 0 Å². The topological polar surface area (TPSA) is 112 Å². The van der Waals surface area contributed by atoms with Crippen LogP contribution in [0.3, 0.4) is 0 Å². The van der Waals surface area contributed by atoms with Crippen LogP contribution in [0, 0.1) is 12.8 Å². The summed E-state index contributed by atoms with van der Waals surface area (Å²) in [5.41, 5.74) is 0.0660. The summed E-state index contributed by atoms with van der Waals surface area (Å²) in [6.07, 6.45) is 4.70. The van der Waals surface area contributed by atoms with Gasteiger partial charge in [0, 0.05) is 31.7 Å². The van der Waals surface area contributed by atoms with Gasteiger partial charge in [-0.15, -0.1) is 0 Å². The van der Waals surface area contributed by atoms with E-state index in [0.717, 1.165) is 25.0 Å². The quantitative estimate of drug-likeness (QED) is 0.696. The smallest absolute Gasteiger partial charge is 0.325 e. The second-order valence-electron chi connectivity index (χ2n) is 8.76. The first-order valence-electron chi connectivity index (χ1n) is 11.0. The number of nitrogens with one attached hydrogen (secondary N) is 2. The second-order valence-corrected chi connectivity index (χ2v) is 8.76. The third-order valence-electron chi connectivity index (χ3n) is 6.54. The second kappa shape index (κ2) is 8.64. The molecule has 0 bridgehead atoms. The molecule has 1 aromatic rings. The number of amides is 5. The number of hydrogen-bond acceptors (Lipinski definition) is 5. The highest BCUT2D eigenvalue weighted by molar-refractivity contribution is 6.07. The van der Waals surface area contributed by atoms with Gasteiger partial charge >= 0.3 is 6.03 Å². The van der Waals surface area contributed by atoms with Crippen LogP contribution in [0.1, 0.15) is 50.6 Å². The summed E-state index contributed by atoms with van der Waals surface area (Å²) in [6, 6.07) is 5.03. The number of imide groups is 1. The molecule has 2 aliphatic heterocycles.